The molecular weight excluding hydrogens is 358 g/mol. The van der Waals surface area contributed by atoms with Crippen molar-refractivity contribution in [3.63, 3.8) is 0 Å². The molecule has 0 rings (SSSR count). The zero-order chi connectivity index (χ0) is 23.2. The van der Waals surface area contributed by atoms with Crippen molar-refractivity contribution in [2.24, 2.45) is 17.6 Å². The highest BCUT2D eigenvalue weighted by atomic mass is 16.4. The summed E-state index contributed by atoms with van der Waals surface area (Å²) in [4.78, 5) is 32.2. The lowest BCUT2D eigenvalue weighted by Crippen LogP contribution is -2.40. The number of nitrogens with two attached hydrogens (primary N) is 1. The first-order valence-electron chi connectivity index (χ1n) is 10.1. The van der Waals surface area contributed by atoms with Gasteiger partial charge < -0.3 is 21.5 Å². The third-order valence-electron chi connectivity index (χ3n) is 3.55. The second-order valence-electron chi connectivity index (χ2n) is 8.33. The van der Waals surface area contributed by atoms with E-state index in [-0.39, 0.29) is 35.7 Å². The number of carboxylic acids is 1. The Bertz CT molecular complexity index is 437. The number of aliphatic carboxylic acids is 1. The van der Waals surface area contributed by atoms with Gasteiger partial charge >= 0.3 is 5.97 Å². The molecule has 0 aliphatic rings. The standard InChI is InChI=1S/C9H19NO.C6H13NO2.C6H13NO/c1-6(2)9(11)8(5)10-7(3)4;1-4(2)7-5(3)6(8)9;1-4(2)6(8)5(3)7/h6-8,10H,1-5H3;4-5,7H,1-3H3,(H,8,9);4-5H,7H2,1-3H3. The maximum absolute atomic E-state index is 11.3. The molecular formula is C21H45N3O4. The van der Waals surface area contributed by atoms with Crippen LogP contribution >= 0.6 is 0 Å². The fourth-order valence-corrected chi connectivity index (χ4v) is 2.18. The highest BCUT2D eigenvalue weighted by Gasteiger charge is 2.16. The SMILES string of the molecule is CC(C)C(=O)C(C)N.CC(C)NC(C)C(=O)C(C)C.CC(C)NC(C)C(=O)O. The van der Waals surface area contributed by atoms with Gasteiger partial charge in [0.25, 0.3) is 0 Å². The first-order chi connectivity index (χ1) is 12.5. The molecule has 0 heterocycles. The first kappa shape index (κ1) is 31.4. The molecule has 0 spiro atoms. The number of ketones is 2. The van der Waals surface area contributed by atoms with Gasteiger partial charge in [-0.05, 0) is 20.8 Å². The number of rotatable bonds is 9. The highest BCUT2D eigenvalue weighted by molar-refractivity contribution is 5.85. The number of nitrogens with one attached hydrogen (secondary N) is 2. The Labute approximate surface area is 172 Å². The number of Topliss-reactive ketones (excluding diaryl/α,β-unsaturated/α-hetero) is 2. The molecule has 0 amide bonds. The summed E-state index contributed by atoms with van der Waals surface area (Å²) in [6.07, 6.45) is 0. The van der Waals surface area contributed by atoms with Gasteiger partial charge in [-0.2, -0.15) is 0 Å². The van der Waals surface area contributed by atoms with Crippen LogP contribution in [0.2, 0.25) is 0 Å². The van der Waals surface area contributed by atoms with Gasteiger partial charge in [0, 0.05) is 23.9 Å². The molecule has 0 fully saturated rings. The van der Waals surface area contributed by atoms with Crippen LogP contribution in [0.3, 0.4) is 0 Å². The van der Waals surface area contributed by atoms with E-state index in [4.69, 9.17) is 10.8 Å². The summed E-state index contributed by atoms with van der Waals surface area (Å²) in [7, 11) is 0. The molecule has 5 N–H and O–H groups in total. The lowest BCUT2D eigenvalue weighted by Gasteiger charge is -2.17. The Balaban J connectivity index is -0.000000340. The molecule has 0 aromatic heterocycles. The molecule has 28 heavy (non-hydrogen) atoms. The summed E-state index contributed by atoms with van der Waals surface area (Å²) >= 11 is 0. The minimum absolute atomic E-state index is 0.00463. The molecule has 0 saturated carbocycles. The average Bonchev–Trinajstić information content (AvgIpc) is 2.52. The molecule has 0 aliphatic heterocycles. The van der Waals surface area contributed by atoms with E-state index in [1.54, 1.807) is 13.8 Å². The largest absolute Gasteiger partial charge is 0.480 e. The lowest BCUT2D eigenvalue weighted by atomic mass is 10.0. The molecule has 3 unspecified atom stereocenters. The fraction of sp³-hybridized carbons (Fsp3) is 0.857. The lowest BCUT2D eigenvalue weighted by molar-refractivity contribution is -0.139. The van der Waals surface area contributed by atoms with Crippen LogP contribution in [0.4, 0.5) is 0 Å². The maximum atomic E-state index is 11.3. The van der Waals surface area contributed by atoms with Crippen molar-refractivity contribution < 1.29 is 19.5 Å². The molecule has 0 aromatic carbocycles. The molecule has 0 aromatic rings. The number of carboxylic acid groups (broad SMARTS) is 1. The van der Waals surface area contributed by atoms with Crippen LogP contribution < -0.4 is 16.4 Å². The fourth-order valence-electron chi connectivity index (χ4n) is 2.18. The highest BCUT2D eigenvalue weighted by Crippen LogP contribution is 1.99. The Morgan fingerprint density at radius 2 is 0.964 bits per heavy atom. The van der Waals surface area contributed by atoms with E-state index in [0.717, 1.165) is 0 Å². The smallest absolute Gasteiger partial charge is 0.320 e. The van der Waals surface area contributed by atoms with E-state index < -0.39 is 12.0 Å². The quantitative estimate of drug-likeness (QED) is 0.467. The molecule has 0 aliphatic carbocycles. The second kappa shape index (κ2) is 16.6. The van der Waals surface area contributed by atoms with Gasteiger partial charge in [0.05, 0.1) is 12.1 Å². The third-order valence-corrected chi connectivity index (χ3v) is 3.55. The van der Waals surface area contributed by atoms with Gasteiger partial charge in [-0.3, -0.25) is 14.4 Å². The van der Waals surface area contributed by atoms with Gasteiger partial charge in [-0.1, -0.05) is 55.4 Å². The van der Waals surface area contributed by atoms with Crippen molar-refractivity contribution in [1.82, 2.24) is 10.6 Å². The summed E-state index contributed by atoms with van der Waals surface area (Å²) in [6.45, 7) is 20.7. The van der Waals surface area contributed by atoms with E-state index in [1.807, 2.05) is 62.3 Å². The molecule has 7 heteroatoms. The van der Waals surface area contributed by atoms with E-state index in [2.05, 4.69) is 10.6 Å². The average molecular weight is 404 g/mol. The van der Waals surface area contributed by atoms with Gasteiger partial charge in [0.1, 0.15) is 6.04 Å². The van der Waals surface area contributed by atoms with Crippen molar-refractivity contribution in [1.29, 1.82) is 0 Å². The summed E-state index contributed by atoms with van der Waals surface area (Å²) < 4.78 is 0. The van der Waals surface area contributed by atoms with Crippen LogP contribution in [0.15, 0.2) is 0 Å². The molecule has 3 atom stereocenters. The Hall–Kier alpha value is -1.31. The molecule has 7 nitrogen and oxygen atoms in total. The summed E-state index contributed by atoms with van der Waals surface area (Å²) in [5, 5.41) is 14.4. The zero-order valence-electron chi connectivity index (χ0n) is 19.8. The monoisotopic (exact) mass is 403 g/mol. The van der Waals surface area contributed by atoms with Crippen molar-refractivity contribution >= 4 is 17.5 Å². The van der Waals surface area contributed by atoms with Gasteiger partial charge in [0.15, 0.2) is 11.6 Å². The normalized spacial score (nSPS) is 14.0. The predicted molar refractivity (Wildman–Crippen MR) is 116 cm³/mol. The third kappa shape index (κ3) is 19.5. The van der Waals surface area contributed by atoms with Crippen molar-refractivity contribution in [2.45, 2.75) is 106 Å². The minimum atomic E-state index is -0.802. The van der Waals surface area contributed by atoms with E-state index in [0.29, 0.717) is 11.8 Å². The van der Waals surface area contributed by atoms with E-state index in [1.165, 1.54) is 0 Å². The van der Waals surface area contributed by atoms with Crippen LogP contribution in [0.1, 0.15) is 76.2 Å². The number of carbonyl (C=O) groups excluding carboxylic acids is 2. The van der Waals surface area contributed by atoms with Crippen LogP contribution in [0.5, 0.6) is 0 Å². The van der Waals surface area contributed by atoms with Crippen molar-refractivity contribution in [2.75, 3.05) is 0 Å². The van der Waals surface area contributed by atoms with Gasteiger partial charge in [0.2, 0.25) is 0 Å². The Morgan fingerprint density at radius 3 is 1.11 bits per heavy atom. The summed E-state index contributed by atoms with van der Waals surface area (Å²) in [5.41, 5.74) is 5.29. The van der Waals surface area contributed by atoms with Crippen LogP contribution in [0.25, 0.3) is 0 Å². The summed E-state index contributed by atoms with van der Waals surface area (Å²) in [6, 6.07) is -0.126. The number of hydrogen-bond acceptors (Lipinski definition) is 6. The van der Waals surface area contributed by atoms with Crippen molar-refractivity contribution in [3.8, 4) is 0 Å². The number of hydrogen-bond donors (Lipinski definition) is 4. The Kier molecular flexibility index (Phi) is 18.6. The summed E-state index contributed by atoms with van der Waals surface area (Å²) in [5.74, 6) is -0.168. The van der Waals surface area contributed by atoms with Crippen LogP contribution in [-0.2, 0) is 14.4 Å². The van der Waals surface area contributed by atoms with Gasteiger partial charge in [-0.25, -0.2) is 0 Å². The van der Waals surface area contributed by atoms with Crippen LogP contribution in [-0.4, -0.2) is 52.9 Å². The molecule has 0 saturated heterocycles. The predicted octanol–water partition coefficient (Wildman–Crippen LogP) is 2.61. The van der Waals surface area contributed by atoms with Gasteiger partial charge in [-0.15, -0.1) is 0 Å². The molecule has 0 bridgehead atoms. The minimum Gasteiger partial charge on any atom is -0.480 e. The zero-order valence-corrected chi connectivity index (χ0v) is 19.8. The first-order valence-corrected chi connectivity index (χ1v) is 10.1. The van der Waals surface area contributed by atoms with Crippen molar-refractivity contribution in [3.05, 3.63) is 0 Å². The molecule has 0 radical (unpaired) electrons. The Morgan fingerprint density at radius 1 is 0.643 bits per heavy atom. The second-order valence-corrected chi connectivity index (χ2v) is 8.33. The number of carbonyl (C=O) groups is 3. The van der Waals surface area contributed by atoms with Crippen LogP contribution in [0, 0.1) is 11.8 Å². The van der Waals surface area contributed by atoms with E-state index in [9.17, 15) is 14.4 Å². The maximum Gasteiger partial charge on any atom is 0.320 e. The van der Waals surface area contributed by atoms with E-state index >= 15 is 0 Å². The molecule has 168 valence electrons. The topological polar surface area (TPSA) is 122 Å².